The van der Waals surface area contributed by atoms with Crippen molar-refractivity contribution < 1.29 is 50.4 Å². The monoisotopic (exact) mass is 972 g/mol. The van der Waals surface area contributed by atoms with Crippen LogP contribution >= 0.6 is 0 Å². The second-order valence-corrected chi connectivity index (χ2v) is 20.2. The molecule has 0 radical (unpaired) electrons. The smallest absolute Gasteiger partial charge is 0.418 e. The first-order valence-corrected chi connectivity index (χ1v) is 23.8. The van der Waals surface area contributed by atoms with Crippen molar-refractivity contribution in [3.05, 3.63) is 82.7 Å². The summed E-state index contributed by atoms with van der Waals surface area (Å²) in [7, 11) is 3.11. The van der Waals surface area contributed by atoms with Gasteiger partial charge < -0.3 is 33.5 Å². The number of carbonyl (C=O) groups excluding carboxylic acids is 1. The number of hydrogen-bond donors (Lipinski definition) is 0. The topological polar surface area (TPSA) is 128 Å². The summed E-state index contributed by atoms with van der Waals surface area (Å²) in [6.07, 6.45) is -4.28. The molecular weight excluding hydrogens is 916 g/mol. The Balaban J connectivity index is 1.13. The van der Waals surface area contributed by atoms with Crippen LogP contribution in [0.4, 0.5) is 38.4 Å². The molecule has 4 fully saturated rings. The summed E-state index contributed by atoms with van der Waals surface area (Å²) in [4.78, 5) is 40.3. The minimum Gasteiger partial charge on any atom is -0.497 e. The second-order valence-electron chi connectivity index (χ2n) is 20.2. The average Bonchev–Trinajstić information content (AvgIpc) is 3.92. The molecule has 70 heavy (non-hydrogen) atoms. The number of piperazine rings is 1. The molecule has 0 spiro atoms. The molecule has 4 saturated heterocycles. The number of methoxy groups -OCH3 is 2. The van der Waals surface area contributed by atoms with E-state index < -0.39 is 70.5 Å². The van der Waals surface area contributed by atoms with Crippen molar-refractivity contribution in [1.29, 1.82) is 0 Å². The van der Waals surface area contributed by atoms with Gasteiger partial charge in [0.1, 0.15) is 69.9 Å². The standard InChI is InChI=1S/C51H57F5N8O6/c1-28-21-37(61(23-30-9-14-34(66-6)15-10-30)24-31-11-16-35(67-7)17-12-31)57-42(39(28)51(54,55)56)43-40(53)41-38-45(60-47(59-41)68-27-50-19-8-20-62(50)25-32(52)22-50)63-26-33-13-18-36(44(63)29(2)69-46(38)58-43)64(33)48(65)70-49(3,4)5/h9-12,14-17,21,29,32-33,36,44H,8,13,18-20,22-27H2,1-7H3/t29?,32-,33-,36+,44?,50+/m1/s1. The van der Waals surface area contributed by atoms with Crippen molar-refractivity contribution >= 4 is 28.6 Å². The first kappa shape index (κ1) is 47.4. The van der Waals surface area contributed by atoms with Crippen LogP contribution in [0.3, 0.4) is 0 Å². The first-order valence-electron chi connectivity index (χ1n) is 23.8. The van der Waals surface area contributed by atoms with Crippen LogP contribution in [-0.2, 0) is 24.0 Å². The summed E-state index contributed by atoms with van der Waals surface area (Å²) >= 11 is 0. The van der Waals surface area contributed by atoms with E-state index in [9.17, 15) is 9.18 Å². The van der Waals surface area contributed by atoms with Gasteiger partial charge >= 0.3 is 18.3 Å². The molecule has 0 N–H and O–H groups in total. The van der Waals surface area contributed by atoms with Gasteiger partial charge in [-0.05, 0) is 114 Å². The van der Waals surface area contributed by atoms with Gasteiger partial charge in [0, 0.05) is 32.6 Å². The minimum atomic E-state index is -5.01. The predicted molar refractivity (Wildman–Crippen MR) is 251 cm³/mol. The normalized spacial score (nSPS) is 24.0. The number of anilines is 2. The lowest BCUT2D eigenvalue weighted by Gasteiger charge is -2.48. The van der Waals surface area contributed by atoms with Gasteiger partial charge in [-0.25, -0.2) is 23.5 Å². The van der Waals surface area contributed by atoms with Crippen molar-refractivity contribution in [2.24, 2.45) is 0 Å². The Morgan fingerprint density at radius 2 is 1.59 bits per heavy atom. The Bertz CT molecular complexity index is 2750. The van der Waals surface area contributed by atoms with E-state index in [0.717, 1.165) is 17.5 Å². The highest BCUT2D eigenvalue weighted by Gasteiger charge is 2.54. The molecule has 14 nitrogen and oxygen atoms in total. The molecule has 10 rings (SSSR count). The molecule has 5 aliphatic rings. The van der Waals surface area contributed by atoms with Crippen molar-refractivity contribution in [2.45, 2.75) is 128 Å². The van der Waals surface area contributed by atoms with E-state index in [-0.39, 0.29) is 85.2 Å². The number of rotatable bonds is 11. The van der Waals surface area contributed by atoms with Crippen LogP contribution < -0.4 is 28.7 Å². The molecule has 5 aliphatic heterocycles. The molecule has 6 atom stereocenters. The Morgan fingerprint density at radius 1 is 0.914 bits per heavy atom. The Labute approximate surface area is 403 Å². The third-order valence-corrected chi connectivity index (χ3v) is 14.4. The van der Waals surface area contributed by atoms with Crippen molar-refractivity contribution in [2.75, 3.05) is 50.3 Å². The van der Waals surface area contributed by atoms with E-state index >= 15 is 17.6 Å². The van der Waals surface area contributed by atoms with Gasteiger partial charge in [0.05, 0.1) is 43.4 Å². The zero-order chi connectivity index (χ0) is 49.4. The maximum Gasteiger partial charge on any atom is 0.418 e. The zero-order valence-corrected chi connectivity index (χ0v) is 40.3. The zero-order valence-electron chi connectivity index (χ0n) is 40.3. The van der Waals surface area contributed by atoms with Gasteiger partial charge in [-0.1, -0.05) is 24.3 Å². The van der Waals surface area contributed by atoms with Crippen LogP contribution in [-0.4, -0.2) is 118 Å². The van der Waals surface area contributed by atoms with Crippen molar-refractivity contribution in [3.8, 4) is 34.8 Å². The third-order valence-electron chi connectivity index (χ3n) is 14.4. The fraction of sp³-hybridized carbons (Fsp3) is 0.510. The summed E-state index contributed by atoms with van der Waals surface area (Å²) in [5.74, 6) is 0.202. The number of carbonyl (C=O) groups is 1. The number of fused-ring (bicyclic) bond motifs is 6. The van der Waals surface area contributed by atoms with Crippen LogP contribution in [0.5, 0.6) is 23.4 Å². The number of amides is 1. The number of pyridine rings is 2. The highest BCUT2D eigenvalue weighted by Crippen LogP contribution is 2.49. The molecule has 2 bridgehead atoms. The molecule has 2 unspecified atom stereocenters. The number of nitrogens with zero attached hydrogens (tertiary/aromatic N) is 8. The van der Waals surface area contributed by atoms with E-state index in [0.29, 0.717) is 37.3 Å². The average molecular weight is 973 g/mol. The fourth-order valence-electron chi connectivity index (χ4n) is 11.4. The molecule has 8 heterocycles. The molecule has 3 aromatic heterocycles. The second kappa shape index (κ2) is 17.9. The molecule has 19 heteroatoms. The van der Waals surface area contributed by atoms with Crippen LogP contribution in [0.15, 0.2) is 54.6 Å². The Kier molecular flexibility index (Phi) is 12.1. The Morgan fingerprint density at radius 3 is 2.21 bits per heavy atom. The molecular formula is C51H57F5N8O6. The largest absolute Gasteiger partial charge is 0.497 e. The van der Waals surface area contributed by atoms with E-state index in [4.69, 9.17) is 28.7 Å². The number of hydrogen-bond acceptors (Lipinski definition) is 13. The van der Waals surface area contributed by atoms with E-state index in [1.54, 1.807) is 76.0 Å². The predicted octanol–water partition coefficient (Wildman–Crippen LogP) is 9.47. The van der Waals surface area contributed by atoms with E-state index in [1.807, 2.05) is 29.2 Å². The van der Waals surface area contributed by atoms with Crippen LogP contribution in [0.25, 0.3) is 22.3 Å². The van der Waals surface area contributed by atoms with Gasteiger partial charge in [0.15, 0.2) is 5.82 Å². The number of aryl methyl sites for hydroxylation is 1. The lowest BCUT2D eigenvalue weighted by Crippen LogP contribution is -2.65. The van der Waals surface area contributed by atoms with Gasteiger partial charge in [-0.15, -0.1) is 0 Å². The number of alkyl halides is 4. The van der Waals surface area contributed by atoms with Gasteiger partial charge in [-0.3, -0.25) is 9.80 Å². The quantitative estimate of drug-likeness (QED) is 0.117. The Hall–Kier alpha value is -6.24. The molecule has 0 aliphatic carbocycles. The molecule has 5 aromatic rings. The van der Waals surface area contributed by atoms with Crippen LogP contribution in [0.2, 0.25) is 0 Å². The van der Waals surface area contributed by atoms with Crippen molar-refractivity contribution in [3.63, 3.8) is 0 Å². The molecule has 1 amide bonds. The lowest BCUT2D eigenvalue weighted by atomic mass is 9.95. The summed E-state index contributed by atoms with van der Waals surface area (Å²) < 4.78 is 109. The van der Waals surface area contributed by atoms with E-state index in [2.05, 4.69) is 19.9 Å². The molecule has 372 valence electrons. The first-order chi connectivity index (χ1) is 33.3. The maximum atomic E-state index is 18.0. The van der Waals surface area contributed by atoms with Crippen LogP contribution in [0, 0.1) is 12.7 Å². The summed E-state index contributed by atoms with van der Waals surface area (Å²) in [5, 5.41) is 0.0421. The van der Waals surface area contributed by atoms with Crippen molar-refractivity contribution in [1.82, 2.24) is 29.7 Å². The SMILES string of the molecule is COc1ccc(CN(Cc2ccc(OC)cc2)c2cc(C)c(C(F)(F)F)c(-c3nc4c5c(nc(OC[C@@]67CCCN6C[C@H](F)C7)nc5c3F)N3C[C@H]5CC[C@@H](C3C(C)O4)N5C(=O)OC(C)(C)C)n2)cc1. The highest BCUT2D eigenvalue weighted by molar-refractivity contribution is 5.97. The number of benzene rings is 2. The number of aromatic nitrogens is 4. The fourth-order valence-corrected chi connectivity index (χ4v) is 11.4. The third kappa shape index (κ3) is 8.71. The summed E-state index contributed by atoms with van der Waals surface area (Å²) in [6, 6.07) is 14.3. The molecule has 0 saturated carbocycles. The summed E-state index contributed by atoms with van der Waals surface area (Å²) in [6.45, 7) is 10.1. The van der Waals surface area contributed by atoms with E-state index in [1.165, 1.54) is 13.0 Å². The minimum absolute atomic E-state index is 0.0119. The highest BCUT2D eigenvalue weighted by atomic mass is 19.4. The van der Waals surface area contributed by atoms with Gasteiger partial charge in [-0.2, -0.15) is 23.1 Å². The molecule has 2 aromatic carbocycles. The maximum absolute atomic E-state index is 18.0. The van der Waals surface area contributed by atoms with Crippen LogP contribution in [0.1, 0.15) is 82.1 Å². The number of halogens is 5. The van der Waals surface area contributed by atoms with Gasteiger partial charge in [0.25, 0.3) is 0 Å². The lowest BCUT2D eigenvalue weighted by molar-refractivity contribution is -0.137. The van der Waals surface area contributed by atoms with Gasteiger partial charge in [0.2, 0.25) is 5.88 Å². The summed E-state index contributed by atoms with van der Waals surface area (Å²) in [5.41, 5.74) is -3.04. The number of ether oxygens (including phenoxy) is 5.